The summed E-state index contributed by atoms with van der Waals surface area (Å²) in [5.74, 6) is -0.172. The van der Waals surface area contributed by atoms with Crippen molar-refractivity contribution in [2.75, 3.05) is 26.2 Å². The van der Waals surface area contributed by atoms with E-state index in [-0.39, 0.29) is 5.82 Å². The summed E-state index contributed by atoms with van der Waals surface area (Å²) >= 11 is 3.31. The van der Waals surface area contributed by atoms with E-state index in [1.165, 1.54) is 6.07 Å². The molecule has 0 bridgehead atoms. The fourth-order valence-electron chi connectivity index (χ4n) is 1.83. The molecule has 0 atom stereocenters. The Morgan fingerprint density at radius 1 is 1.27 bits per heavy atom. The van der Waals surface area contributed by atoms with Crippen molar-refractivity contribution in [3.05, 3.63) is 34.1 Å². The summed E-state index contributed by atoms with van der Waals surface area (Å²) in [7, 11) is 0. The summed E-state index contributed by atoms with van der Waals surface area (Å²) in [6.07, 6.45) is 0. The van der Waals surface area contributed by atoms with Crippen LogP contribution in [0.5, 0.6) is 0 Å². The van der Waals surface area contributed by atoms with Crippen LogP contribution in [0.1, 0.15) is 5.56 Å². The molecule has 0 aliphatic carbocycles. The van der Waals surface area contributed by atoms with Gasteiger partial charge in [-0.15, -0.1) is 0 Å². The maximum Gasteiger partial charge on any atom is 0.124 e. The smallest absolute Gasteiger partial charge is 0.124 e. The van der Waals surface area contributed by atoms with Crippen molar-refractivity contribution in [3.63, 3.8) is 0 Å². The molecule has 1 N–H and O–H groups in total. The summed E-state index contributed by atoms with van der Waals surface area (Å²) in [4.78, 5) is 2.33. The fraction of sp³-hybridized carbons (Fsp3) is 0.455. The number of nitrogens with one attached hydrogen (secondary N) is 1. The molecule has 1 saturated heterocycles. The van der Waals surface area contributed by atoms with Gasteiger partial charge in [0.05, 0.1) is 0 Å². The topological polar surface area (TPSA) is 15.3 Å². The molecule has 1 aliphatic rings. The highest BCUT2D eigenvalue weighted by Crippen LogP contribution is 2.16. The lowest BCUT2D eigenvalue weighted by Crippen LogP contribution is -2.42. The van der Waals surface area contributed by atoms with Crippen LogP contribution in [-0.2, 0) is 6.54 Å². The van der Waals surface area contributed by atoms with Crippen molar-refractivity contribution in [2.24, 2.45) is 0 Å². The molecular weight excluding hydrogens is 259 g/mol. The van der Waals surface area contributed by atoms with Crippen LogP contribution in [0, 0.1) is 5.82 Å². The lowest BCUT2D eigenvalue weighted by atomic mass is 10.2. The number of rotatable bonds is 2. The number of nitrogens with zero attached hydrogens (tertiary/aromatic N) is 1. The van der Waals surface area contributed by atoms with Crippen molar-refractivity contribution < 1.29 is 4.39 Å². The van der Waals surface area contributed by atoms with Crippen molar-refractivity contribution in [2.45, 2.75) is 6.54 Å². The normalized spacial score (nSPS) is 18.0. The highest BCUT2D eigenvalue weighted by Gasteiger charge is 2.10. The van der Waals surface area contributed by atoms with Gasteiger partial charge in [-0.3, -0.25) is 4.90 Å². The number of hydrogen-bond donors (Lipinski definition) is 1. The monoisotopic (exact) mass is 272 g/mol. The molecular formula is C11H14BrFN2. The van der Waals surface area contributed by atoms with E-state index in [1.807, 2.05) is 6.07 Å². The number of halogens is 2. The van der Waals surface area contributed by atoms with E-state index >= 15 is 0 Å². The zero-order valence-electron chi connectivity index (χ0n) is 8.47. The Morgan fingerprint density at radius 3 is 2.67 bits per heavy atom. The molecule has 0 aromatic heterocycles. The first-order chi connectivity index (χ1) is 7.24. The van der Waals surface area contributed by atoms with Crippen molar-refractivity contribution in [1.29, 1.82) is 0 Å². The summed E-state index contributed by atoms with van der Waals surface area (Å²) in [5.41, 5.74) is 1.03. The summed E-state index contributed by atoms with van der Waals surface area (Å²) < 4.78 is 13.9. The molecule has 0 saturated carbocycles. The summed E-state index contributed by atoms with van der Waals surface area (Å²) in [6, 6.07) is 5.07. The first-order valence-corrected chi connectivity index (χ1v) is 5.91. The van der Waals surface area contributed by atoms with Gasteiger partial charge in [0.2, 0.25) is 0 Å². The Labute approximate surface area is 97.6 Å². The molecule has 1 aliphatic heterocycles. The third-order valence-electron chi connectivity index (χ3n) is 2.54. The average molecular weight is 273 g/mol. The number of piperazine rings is 1. The van der Waals surface area contributed by atoms with E-state index in [0.717, 1.165) is 42.8 Å². The van der Waals surface area contributed by atoms with Crippen LogP contribution < -0.4 is 5.32 Å². The second kappa shape index (κ2) is 5.05. The van der Waals surface area contributed by atoms with Gasteiger partial charge in [0.25, 0.3) is 0 Å². The van der Waals surface area contributed by atoms with Crippen LogP contribution in [0.15, 0.2) is 22.7 Å². The lowest BCUT2D eigenvalue weighted by molar-refractivity contribution is 0.233. The number of benzene rings is 1. The third-order valence-corrected chi connectivity index (χ3v) is 3.00. The average Bonchev–Trinajstić information content (AvgIpc) is 2.17. The second-order valence-corrected chi connectivity index (χ2v) is 4.72. The van der Waals surface area contributed by atoms with E-state index < -0.39 is 0 Å². The zero-order chi connectivity index (χ0) is 10.7. The van der Waals surface area contributed by atoms with Gasteiger partial charge in [-0.1, -0.05) is 15.9 Å². The van der Waals surface area contributed by atoms with Gasteiger partial charge >= 0.3 is 0 Å². The molecule has 0 radical (unpaired) electrons. The van der Waals surface area contributed by atoms with Gasteiger partial charge in [0, 0.05) is 37.2 Å². The standard InChI is InChI=1S/C11H14BrFN2/c12-10-5-9(6-11(13)7-10)8-15-3-1-14-2-4-15/h5-7,14H,1-4,8H2. The van der Waals surface area contributed by atoms with Gasteiger partial charge in [-0.2, -0.15) is 0 Å². The minimum Gasteiger partial charge on any atom is -0.314 e. The van der Waals surface area contributed by atoms with Gasteiger partial charge in [-0.05, 0) is 23.8 Å². The molecule has 1 fully saturated rings. The molecule has 1 heterocycles. The quantitative estimate of drug-likeness (QED) is 0.886. The predicted octanol–water partition coefficient (Wildman–Crippen LogP) is 1.99. The largest absolute Gasteiger partial charge is 0.314 e. The second-order valence-electron chi connectivity index (χ2n) is 3.80. The first kappa shape index (κ1) is 11.0. The molecule has 0 spiro atoms. The molecule has 1 aromatic rings. The number of hydrogen-bond acceptors (Lipinski definition) is 2. The Morgan fingerprint density at radius 2 is 2.00 bits per heavy atom. The van der Waals surface area contributed by atoms with E-state index in [1.54, 1.807) is 6.07 Å². The molecule has 1 aromatic carbocycles. The molecule has 82 valence electrons. The lowest BCUT2D eigenvalue weighted by Gasteiger charge is -2.27. The molecule has 0 amide bonds. The predicted molar refractivity (Wildman–Crippen MR) is 62.2 cm³/mol. The van der Waals surface area contributed by atoms with E-state index in [4.69, 9.17) is 0 Å². The van der Waals surface area contributed by atoms with Crippen molar-refractivity contribution in [1.82, 2.24) is 10.2 Å². The van der Waals surface area contributed by atoms with Crippen LogP contribution >= 0.6 is 15.9 Å². The highest BCUT2D eigenvalue weighted by molar-refractivity contribution is 9.10. The van der Waals surface area contributed by atoms with Gasteiger partial charge < -0.3 is 5.32 Å². The SMILES string of the molecule is Fc1cc(Br)cc(CN2CCNCC2)c1. The minimum absolute atomic E-state index is 0.172. The fourth-order valence-corrected chi connectivity index (χ4v) is 2.34. The Bertz CT molecular complexity index is 317. The zero-order valence-corrected chi connectivity index (χ0v) is 10.1. The molecule has 4 heteroatoms. The van der Waals surface area contributed by atoms with Crippen LogP contribution in [-0.4, -0.2) is 31.1 Å². The maximum absolute atomic E-state index is 13.1. The van der Waals surface area contributed by atoms with Gasteiger partial charge in [0.15, 0.2) is 0 Å². The Hall–Kier alpha value is -0.450. The maximum atomic E-state index is 13.1. The summed E-state index contributed by atoms with van der Waals surface area (Å²) in [6.45, 7) is 4.95. The van der Waals surface area contributed by atoms with Crippen molar-refractivity contribution >= 4 is 15.9 Å². The van der Waals surface area contributed by atoms with E-state index in [0.29, 0.717) is 0 Å². The summed E-state index contributed by atoms with van der Waals surface area (Å²) in [5, 5.41) is 3.30. The molecule has 2 rings (SSSR count). The highest BCUT2D eigenvalue weighted by atomic mass is 79.9. The van der Waals surface area contributed by atoms with Crippen LogP contribution in [0.4, 0.5) is 4.39 Å². The Kier molecular flexibility index (Phi) is 3.72. The molecule has 0 unspecified atom stereocenters. The van der Waals surface area contributed by atoms with Gasteiger partial charge in [0.1, 0.15) is 5.82 Å². The van der Waals surface area contributed by atoms with Crippen LogP contribution in [0.25, 0.3) is 0 Å². The Balaban J connectivity index is 2.02. The van der Waals surface area contributed by atoms with E-state index in [9.17, 15) is 4.39 Å². The van der Waals surface area contributed by atoms with Crippen LogP contribution in [0.3, 0.4) is 0 Å². The van der Waals surface area contributed by atoms with Crippen molar-refractivity contribution in [3.8, 4) is 0 Å². The van der Waals surface area contributed by atoms with Crippen LogP contribution in [0.2, 0.25) is 0 Å². The van der Waals surface area contributed by atoms with Gasteiger partial charge in [-0.25, -0.2) is 4.39 Å². The molecule has 15 heavy (non-hydrogen) atoms. The minimum atomic E-state index is -0.172. The molecule has 2 nitrogen and oxygen atoms in total. The first-order valence-electron chi connectivity index (χ1n) is 5.12. The van der Waals surface area contributed by atoms with E-state index in [2.05, 4.69) is 26.1 Å². The third kappa shape index (κ3) is 3.26.